The Labute approximate surface area is 140 Å². The number of aromatic nitrogens is 3. The minimum absolute atomic E-state index is 0.123. The molecule has 1 N–H and O–H groups in total. The second-order valence-electron chi connectivity index (χ2n) is 6.24. The molecular weight excluding hydrogens is 310 g/mol. The predicted molar refractivity (Wildman–Crippen MR) is 92.1 cm³/mol. The minimum atomic E-state index is -0.123. The number of urea groups is 1. The molecule has 7 heteroatoms. The third kappa shape index (κ3) is 3.39. The van der Waals surface area contributed by atoms with E-state index in [1.807, 2.05) is 27.1 Å². The first-order valence-corrected chi connectivity index (χ1v) is 8.74. The number of likely N-dealkylation sites (N-methyl/N-ethyl adjacent to an activating group) is 1. The number of amides is 2. The molecule has 0 saturated heterocycles. The topological polar surface area (TPSA) is 63.1 Å². The predicted octanol–water partition coefficient (Wildman–Crippen LogP) is 3.08. The lowest BCUT2D eigenvalue weighted by atomic mass is 9.91. The molecule has 0 spiro atoms. The monoisotopic (exact) mass is 333 g/mol. The van der Waals surface area contributed by atoms with E-state index in [0.717, 1.165) is 23.5 Å². The summed E-state index contributed by atoms with van der Waals surface area (Å²) < 4.78 is 1.75. The number of thiazole rings is 1. The smallest absolute Gasteiger partial charge is 0.322 e. The second kappa shape index (κ2) is 6.31. The molecule has 0 aromatic carbocycles. The quantitative estimate of drug-likeness (QED) is 0.939. The van der Waals surface area contributed by atoms with Crippen LogP contribution in [0.1, 0.15) is 40.0 Å². The Morgan fingerprint density at radius 1 is 1.52 bits per heavy atom. The van der Waals surface area contributed by atoms with Crippen molar-refractivity contribution in [3.63, 3.8) is 0 Å². The van der Waals surface area contributed by atoms with Crippen molar-refractivity contribution in [1.29, 1.82) is 0 Å². The largest absolute Gasteiger partial charge is 0.327 e. The molecule has 2 aromatic rings. The van der Waals surface area contributed by atoms with Crippen molar-refractivity contribution in [3.8, 4) is 0 Å². The highest BCUT2D eigenvalue weighted by Gasteiger charge is 2.26. The van der Waals surface area contributed by atoms with Crippen LogP contribution in [-0.2, 0) is 13.5 Å². The van der Waals surface area contributed by atoms with Gasteiger partial charge in [-0.2, -0.15) is 5.10 Å². The Kier molecular flexibility index (Phi) is 4.39. The molecule has 0 fully saturated rings. The van der Waals surface area contributed by atoms with Crippen molar-refractivity contribution in [1.82, 2.24) is 19.7 Å². The van der Waals surface area contributed by atoms with Gasteiger partial charge in [0.05, 0.1) is 10.7 Å². The number of nitrogens with one attached hydrogen (secondary N) is 1. The Balaban J connectivity index is 1.65. The van der Waals surface area contributed by atoms with E-state index in [0.29, 0.717) is 18.3 Å². The Bertz CT molecular complexity index is 701. The third-order valence-electron chi connectivity index (χ3n) is 4.37. The van der Waals surface area contributed by atoms with E-state index in [2.05, 4.69) is 22.3 Å². The number of hydrogen-bond acceptors (Lipinski definition) is 4. The molecule has 6 nitrogen and oxygen atoms in total. The molecule has 2 aromatic heterocycles. The fraction of sp³-hybridized carbons (Fsp3) is 0.562. The van der Waals surface area contributed by atoms with Gasteiger partial charge in [-0.25, -0.2) is 9.78 Å². The maximum absolute atomic E-state index is 12.4. The molecule has 1 aliphatic carbocycles. The number of nitrogens with zero attached hydrogens (tertiary/aromatic N) is 4. The lowest BCUT2D eigenvalue weighted by Gasteiger charge is -2.26. The number of aryl methyl sites for hydroxylation is 4. The summed E-state index contributed by atoms with van der Waals surface area (Å²) in [7, 11) is 3.70. The average molecular weight is 333 g/mol. The van der Waals surface area contributed by atoms with Gasteiger partial charge in [-0.15, -0.1) is 11.3 Å². The summed E-state index contributed by atoms with van der Waals surface area (Å²) in [5.74, 6) is 0.931. The van der Waals surface area contributed by atoms with Crippen LogP contribution in [0.3, 0.4) is 0 Å². The average Bonchev–Trinajstić information content (AvgIpc) is 3.01. The zero-order valence-corrected chi connectivity index (χ0v) is 14.9. The normalized spacial score (nSPS) is 17.0. The summed E-state index contributed by atoms with van der Waals surface area (Å²) >= 11 is 1.79. The summed E-state index contributed by atoms with van der Waals surface area (Å²) in [6.07, 6.45) is 3.39. The van der Waals surface area contributed by atoms with Crippen LogP contribution >= 0.6 is 11.3 Å². The van der Waals surface area contributed by atoms with E-state index in [4.69, 9.17) is 0 Å². The Hall–Kier alpha value is -1.89. The highest BCUT2D eigenvalue weighted by molar-refractivity contribution is 7.11. The van der Waals surface area contributed by atoms with Crippen LogP contribution in [0, 0.1) is 13.8 Å². The fourth-order valence-corrected chi connectivity index (χ4v) is 4.11. The molecule has 124 valence electrons. The maximum atomic E-state index is 12.4. The number of carbonyl (C=O) groups excluding carboxylic acids is 1. The number of hydrogen-bond donors (Lipinski definition) is 1. The lowest BCUT2D eigenvalue weighted by molar-refractivity contribution is 0.217. The van der Waals surface area contributed by atoms with Gasteiger partial charge in [-0.05, 0) is 33.1 Å². The van der Waals surface area contributed by atoms with Crippen LogP contribution in [0.2, 0.25) is 0 Å². The number of fused-ring (bicyclic) bond motifs is 1. The van der Waals surface area contributed by atoms with Gasteiger partial charge >= 0.3 is 6.03 Å². The first-order valence-electron chi connectivity index (χ1n) is 7.93. The zero-order chi connectivity index (χ0) is 16.6. The molecule has 0 aliphatic heterocycles. The first-order chi connectivity index (χ1) is 10.9. The van der Waals surface area contributed by atoms with E-state index in [1.54, 1.807) is 20.9 Å². The number of rotatable bonds is 3. The fourth-order valence-electron chi connectivity index (χ4n) is 3.05. The van der Waals surface area contributed by atoms with Gasteiger partial charge in [-0.3, -0.25) is 10.00 Å². The van der Waals surface area contributed by atoms with Crippen LogP contribution in [0.15, 0.2) is 6.07 Å². The van der Waals surface area contributed by atoms with Crippen LogP contribution < -0.4 is 5.32 Å². The number of carbonyl (C=O) groups is 1. The van der Waals surface area contributed by atoms with Crippen molar-refractivity contribution in [2.45, 2.75) is 39.0 Å². The van der Waals surface area contributed by atoms with E-state index < -0.39 is 0 Å². The Morgan fingerprint density at radius 3 is 3.00 bits per heavy atom. The second-order valence-corrected chi connectivity index (χ2v) is 7.52. The zero-order valence-electron chi connectivity index (χ0n) is 14.1. The molecule has 0 bridgehead atoms. The molecular formula is C16H23N5OS. The standard InChI is InChI=1S/C16H23N5OS/c1-10-8-14(19-21(10)4)18-16(22)20(3)9-12-6-5-7-13-15(12)17-11(2)23-13/h8,12H,5-7,9H2,1-4H3,(H,18,19,22)/t12-/m1/s1. The summed E-state index contributed by atoms with van der Waals surface area (Å²) in [4.78, 5) is 20.2. The van der Waals surface area contributed by atoms with E-state index in [9.17, 15) is 4.79 Å². The molecule has 23 heavy (non-hydrogen) atoms. The van der Waals surface area contributed by atoms with E-state index >= 15 is 0 Å². The molecule has 2 amide bonds. The molecule has 2 heterocycles. The van der Waals surface area contributed by atoms with Gasteiger partial charge in [0.15, 0.2) is 5.82 Å². The van der Waals surface area contributed by atoms with Crippen molar-refractivity contribution >= 4 is 23.2 Å². The summed E-state index contributed by atoms with van der Waals surface area (Å²) in [6.45, 7) is 4.70. The summed E-state index contributed by atoms with van der Waals surface area (Å²) in [5.41, 5.74) is 2.21. The third-order valence-corrected chi connectivity index (χ3v) is 5.41. The van der Waals surface area contributed by atoms with Gasteiger partial charge in [0.2, 0.25) is 0 Å². The highest BCUT2D eigenvalue weighted by atomic mass is 32.1. The Morgan fingerprint density at radius 2 is 2.30 bits per heavy atom. The van der Waals surface area contributed by atoms with E-state index in [1.165, 1.54) is 17.0 Å². The lowest BCUT2D eigenvalue weighted by Crippen LogP contribution is -2.35. The van der Waals surface area contributed by atoms with E-state index in [-0.39, 0.29) is 6.03 Å². The van der Waals surface area contributed by atoms with Crippen molar-refractivity contribution in [3.05, 3.63) is 27.3 Å². The molecule has 3 rings (SSSR count). The van der Waals surface area contributed by atoms with Gasteiger partial charge in [0.25, 0.3) is 0 Å². The van der Waals surface area contributed by atoms with Gasteiger partial charge in [0, 0.05) is 43.2 Å². The maximum Gasteiger partial charge on any atom is 0.322 e. The van der Waals surface area contributed by atoms with Gasteiger partial charge < -0.3 is 4.90 Å². The highest BCUT2D eigenvalue weighted by Crippen LogP contribution is 2.34. The van der Waals surface area contributed by atoms with Crippen molar-refractivity contribution < 1.29 is 4.79 Å². The molecule has 1 aliphatic rings. The van der Waals surface area contributed by atoms with Crippen LogP contribution in [0.4, 0.5) is 10.6 Å². The molecule has 0 unspecified atom stereocenters. The van der Waals surface area contributed by atoms with Crippen molar-refractivity contribution in [2.75, 3.05) is 18.9 Å². The molecule has 0 saturated carbocycles. The van der Waals surface area contributed by atoms with Gasteiger partial charge in [0.1, 0.15) is 0 Å². The molecule has 1 atom stereocenters. The minimum Gasteiger partial charge on any atom is -0.327 e. The van der Waals surface area contributed by atoms with Crippen LogP contribution in [-0.4, -0.2) is 39.3 Å². The molecule has 0 radical (unpaired) electrons. The first kappa shape index (κ1) is 16.0. The summed E-state index contributed by atoms with van der Waals surface area (Å²) in [6, 6.07) is 1.75. The number of anilines is 1. The SMILES string of the molecule is Cc1nc2c(s1)CCC[C@@H]2CN(C)C(=O)Nc1cc(C)n(C)n1. The van der Waals surface area contributed by atoms with Crippen LogP contribution in [0.5, 0.6) is 0 Å². The summed E-state index contributed by atoms with van der Waals surface area (Å²) in [5, 5.41) is 8.25. The van der Waals surface area contributed by atoms with Crippen molar-refractivity contribution in [2.24, 2.45) is 7.05 Å². The van der Waals surface area contributed by atoms with Gasteiger partial charge in [-0.1, -0.05) is 0 Å². The van der Waals surface area contributed by atoms with Crippen LogP contribution in [0.25, 0.3) is 0 Å².